The van der Waals surface area contributed by atoms with E-state index in [0.29, 0.717) is 18.5 Å². The second-order valence-electron chi connectivity index (χ2n) is 9.44. The van der Waals surface area contributed by atoms with Gasteiger partial charge in [0.1, 0.15) is 0 Å². The van der Waals surface area contributed by atoms with Crippen LogP contribution in [0.2, 0.25) is 0 Å². The highest BCUT2D eigenvalue weighted by Gasteiger charge is 2.41. The number of hydrogen-bond donors (Lipinski definition) is 0. The highest BCUT2D eigenvalue weighted by atomic mass is 16.2. The maximum atomic E-state index is 13.4. The van der Waals surface area contributed by atoms with Crippen molar-refractivity contribution in [2.24, 2.45) is 5.41 Å². The highest BCUT2D eigenvalue weighted by Crippen LogP contribution is 2.45. The molecule has 0 bridgehead atoms. The molecule has 4 heteroatoms. The summed E-state index contributed by atoms with van der Waals surface area (Å²) in [6, 6.07) is 11.2. The molecule has 1 aromatic carbocycles. The Balaban J connectivity index is 1.36. The quantitative estimate of drug-likeness (QED) is 0.634. The van der Waals surface area contributed by atoms with Gasteiger partial charge in [-0.3, -0.25) is 4.79 Å². The second-order valence-corrected chi connectivity index (χ2v) is 9.44. The van der Waals surface area contributed by atoms with Gasteiger partial charge in [0.2, 0.25) is 0 Å². The van der Waals surface area contributed by atoms with Gasteiger partial charge in [-0.2, -0.15) is 5.26 Å². The van der Waals surface area contributed by atoms with Crippen LogP contribution >= 0.6 is 0 Å². The molecule has 1 aromatic rings. The van der Waals surface area contributed by atoms with E-state index in [1.807, 2.05) is 31.2 Å². The molecule has 1 saturated heterocycles. The number of carbonyl (C=O) groups is 1. The summed E-state index contributed by atoms with van der Waals surface area (Å²) in [6.45, 7) is 5.00. The van der Waals surface area contributed by atoms with Crippen molar-refractivity contribution in [3.8, 4) is 17.9 Å². The van der Waals surface area contributed by atoms with Gasteiger partial charge < -0.3 is 9.80 Å². The molecule has 1 aliphatic heterocycles. The van der Waals surface area contributed by atoms with Crippen LogP contribution in [0.4, 0.5) is 0 Å². The topological polar surface area (TPSA) is 47.3 Å². The summed E-state index contributed by atoms with van der Waals surface area (Å²) in [7, 11) is 0. The minimum absolute atomic E-state index is 0.198. The van der Waals surface area contributed by atoms with Gasteiger partial charge in [0.15, 0.2) is 0 Å². The lowest BCUT2D eigenvalue weighted by molar-refractivity contribution is 0.0325. The van der Waals surface area contributed by atoms with Crippen LogP contribution in [0.15, 0.2) is 24.3 Å². The van der Waals surface area contributed by atoms with Gasteiger partial charge in [-0.15, -0.1) is 5.92 Å². The van der Waals surface area contributed by atoms with Crippen LogP contribution in [-0.4, -0.2) is 47.4 Å². The summed E-state index contributed by atoms with van der Waals surface area (Å²) >= 11 is 0. The van der Waals surface area contributed by atoms with Gasteiger partial charge in [-0.05, 0) is 68.6 Å². The normalized spacial score (nSPS) is 21.1. The van der Waals surface area contributed by atoms with Crippen LogP contribution in [0.25, 0.3) is 0 Å². The lowest BCUT2D eigenvalue weighted by Crippen LogP contribution is -2.51. The molecule has 2 saturated carbocycles. The van der Waals surface area contributed by atoms with Crippen molar-refractivity contribution >= 4 is 5.91 Å². The maximum Gasteiger partial charge on any atom is 0.254 e. The Morgan fingerprint density at radius 2 is 1.80 bits per heavy atom. The first-order valence-electron chi connectivity index (χ1n) is 11.5. The standard InChI is InChI=1S/C26H33N3O/c1-2-3-5-21-6-8-22(9-7-21)25(30)29(23-10-11-23)24-12-18-28(19-13-24)20-26(16-17-27)14-4-15-26/h6-9,23-24H,4-5,10-16,18-20H2,1H3. The van der Waals surface area contributed by atoms with Crippen molar-refractivity contribution in [3.63, 3.8) is 0 Å². The second kappa shape index (κ2) is 9.23. The summed E-state index contributed by atoms with van der Waals surface area (Å²) in [5, 5.41) is 9.19. The number of hydrogen-bond acceptors (Lipinski definition) is 3. The Morgan fingerprint density at radius 3 is 2.33 bits per heavy atom. The molecule has 3 fully saturated rings. The van der Waals surface area contributed by atoms with E-state index >= 15 is 0 Å². The molecule has 30 heavy (non-hydrogen) atoms. The first-order chi connectivity index (χ1) is 14.6. The number of amides is 1. The van der Waals surface area contributed by atoms with E-state index in [0.717, 1.165) is 62.9 Å². The minimum Gasteiger partial charge on any atom is -0.333 e. The van der Waals surface area contributed by atoms with Gasteiger partial charge in [-0.1, -0.05) is 24.5 Å². The fourth-order valence-corrected chi connectivity index (χ4v) is 5.15. The van der Waals surface area contributed by atoms with Gasteiger partial charge in [0, 0.05) is 50.1 Å². The number of likely N-dealkylation sites (tertiary alicyclic amines) is 1. The molecule has 158 valence electrons. The van der Waals surface area contributed by atoms with Gasteiger partial charge in [0.05, 0.1) is 6.07 Å². The smallest absolute Gasteiger partial charge is 0.254 e. The zero-order chi connectivity index (χ0) is 21.0. The number of carbonyl (C=O) groups excluding carboxylic acids is 1. The van der Waals surface area contributed by atoms with Crippen LogP contribution in [0, 0.1) is 28.6 Å². The molecular formula is C26H33N3O. The molecule has 1 heterocycles. The monoisotopic (exact) mass is 403 g/mol. The third-order valence-corrected chi connectivity index (χ3v) is 7.22. The lowest BCUT2D eigenvalue weighted by atomic mass is 9.66. The van der Waals surface area contributed by atoms with Crippen LogP contribution in [-0.2, 0) is 6.42 Å². The zero-order valence-electron chi connectivity index (χ0n) is 18.2. The Bertz CT molecular complexity index is 841. The summed E-state index contributed by atoms with van der Waals surface area (Å²) in [4.78, 5) is 18.1. The van der Waals surface area contributed by atoms with E-state index in [9.17, 15) is 10.1 Å². The van der Waals surface area contributed by atoms with E-state index in [1.54, 1.807) is 0 Å². The predicted molar refractivity (Wildman–Crippen MR) is 119 cm³/mol. The molecule has 0 aromatic heterocycles. The first kappa shape index (κ1) is 21.0. The fraction of sp³-hybridized carbons (Fsp3) is 0.615. The van der Waals surface area contributed by atoms with Crippen molar-refractivity contribution in [1.82, 2.24) is 9.80 Å². The van der Waals surface area contributed by atoms with E-state index in [2.05, 4.69) is 27.7 Å². The summed E-state index contributed by atoms with van der Waals surface area (Å²) in [5.74, 6) is 6.21. The minimum atomic E-state index is 0.198. The van der Waals surface area contributed by atoms with E-state index in [1.165, 1.54) is 19.3 Å². The zero-order valence-corrected chi connectivity index (χ0v) is 18.2. The summed E-state index contributed by atoms with van der Waals surface area (Å²) in [6.07, 6.45) is 9.49. The molecule has 4 rings (SSSR count). The van der Waals surface area contributed by atoms with E-state index in [4.69, 9.17) is 0 Å². The van der Waals surface area contributed by atoms with Gasteiger partial charge in [-0.25, -0.2) is 0 Å². The van der Waals surface area contributed by atoms with Gasteiger partial charge >= 0.3 is 0 Å². The highest BCUT2D eigenvalue weighted by molar-refractivity contribution is 5.95. The molecule has 3 aliphatic rings. The molecule has 0 N–H and O–H groups in total. The number of piperidine rings is 1. The first-order valence-corrected chi connectivity index (χ1v) is 11.5. The van der Waals surface area contributed by atoms with Crippen LogP contribution < -0.4 is 0 Å². The maximum absolute atomic E-state index is 13.4. The number of nitriles is 1. The molecule has 1 amide bonds. The van der Waals surface area contributed by atoms with Crippen LogP contribution in [0.1, 0.15) is 74.2 Å². The lowest BCUT2D eigenvalue weighted by Gasteiger charge is -2.46. The Labute approximate surface area is 181 Å². The average Bonchev–Trinajstić information content (AvgIpc) is 3.57. The number of nitrogens with zero attached hydrogens (tertiary/aromatic N) is 3. The Kier molecular flexibility index (Phi) is 6.45. The molecule has 0 spiro atoms. The van der Waals surface area contributed by atoms with Crippen molar-refractivity contribution in [1.29, 1.82) is 5.26 Å². The fourth-order valence-electron chi connectivity index (χ4n) is 5.15. The molecule has 0 radical (unpaired) electrons. The average molecular weight is 404 g/mol. The predicted octanol–water partition coefficient (Wildman–Crippen LogP) is 4.41. The molecular weight excluding hydrogens is 370 g/mol. The van der Waals surface area contributed by atoms with Crippen molar-refractivity contribution in [2.75, 3.05) is 19.6 Å². The van der Waals surface area contributed by atoms with Crippen molar-refractivity contribution < 1.29 is 4.79 Å². The van der Waals surface area contributed by atoms with Gasteiger partial charge in [0.25, 0.3) is 5.91 Å². The molecule has 4 nitrogen and oxygen atoms in total. The van der Waals surface area contributed by atoms with E-state index in [-0.39, 0.29) is 11.3 Å². The molecule has 2 aliphatic carbocycles. The number of benzene rings is 1. The molecule has 0 atom stereocenters. The summed E-state index contributed by atoms with van der Waals surface area (Å²) in [5.41, 5.74) is 2.21. The van der Waals surface area contributed by atoms with Crippen molar-refractivity contribution in [3.05, 3.63) is 35.4 Å². The van der Waals surface area contributed by atoms with Crippen LogP contribution in [0.5, 0.6) is 0 Å². The Hall–Kier alpha value is -2.30. The Morgan fingerprint density at radius 1 is 1.13 bits per heavy atom. The largest absolute Gasteiger partial charge is 0.333 e. The third kappa shape index (κ3) is 4.71. The van der Waals surface area contributed by atoms with Crippen molar-refractivity contribution in [2.45, 2.75) is 76.8 Å². The SMILES string of the molecule is CC#CCc1ccc(C(=O)N(C2CC2)C2CCN(CC3(CC#N)CCC3)CC2)cc1. The summed E-state index contributed by atoms with van der Waals surface area (Å²) < 4.78 is 0. The molecule has 0 unspecified atom stereocenters. The van der Waals surface area contributed by atoms with E-state index < -0.39 is 0 Å². The third-order valence-electron chi connectivity index (χ3n) is 7.22. The van der Waals surface area contributed by atoms with Crippen LogP contribution in [0.3, 0.4) is 0 Å². The number of rotatable bonds is 7.